The van der Waals surface area contributed by atoms with Crippen LogP contribution in [0.15, 0.2) is 42.5 Å². The first-order valence-corrected chi connectivity index (χ1v) is 11.9. The number of thioether (sulfide) groups is 1. The van der Waals surface area contributed by atoms with Crippen LogP contribution in [0.4, 0.5) is 0 Å². The Morgan fingerprint density at radius 2 is 1.80 bits per heavy atom. The van der Waals surface area contributed by atoms with Crippen LogP contribution < -0.4 is 5.32 Å². The first-order chi connectivity index (χ1) is 14.3. The van der Waals surface area contributed by atoms with Gasteiger partial charge < -0.3 is 10.2 Å². The van der Waals surface area contributed by atoms with E-state index in [9.17, 15) is 9.59 Å². The number of amides is 2. The molecule has 1 N–H and O–H groups in total. The monoisotopic (exact) mass is 466 g/mol. The van der Waals surface area contributed by atoms with Gasteiger partial charge in [-0.25, -0.2) is 0 Å². The van der Waals surface area contributed by atoms with Gasteiger partial charge in [-0.2, -0.15) is 0 Å². The zero-order valence-corrected chi connectivity index (χ0v) is 19.9. The minimum atomic E-state index is -0.561. The Kier molecular flexibility index (Phi) is 10.0. The summed E-state index contributed by atoms with van der Waals surface area (Å²) < 4.78 is 0. The predicted molar refractivity (Wildman–Crippen MR) is 127 cm³/mol. The van der Waals surface area contributed by atoms with Crippen LogP contribution in [-0.2, 0) is 21.9 Å². The normalized spacial score (nSPS) is 11.8. The number of halogens is 2. The van der Waals surface area contributed by atoms with Gasteiger partial charge in [-0.15, -0.1) is 11.8 Å². The number of carbonyl (C=O) groups is 2. The van der Waals surface area contributed by atoms with Crippen molar-refractivity contribution in [2.45, 2.75) is 45.5 Å². The summed E-state index contributed by atoms with van der Waals surface area (Å²) in [5.74, 6) is 0.526. The van der Waals surface area contributed by atoms with Gasteiger partial charge in [-0.3, -0.25) is 9.59 Å². The molecule has 0 fully saturated rings. The van der Waals surface area contributed by atoms with E-state index in [-0.39, 0.29) is 17.6 Å². The molecular weight excluding hydrogens is 439 g/mol. The average Bonchev–Trinajstić information content (AvgIpc) is 2.71. The van der Waals surface area contributed by atoms with Gasteiger partial charge in [0.25, 0.3) is 0 Å². The molecule has 2 aromatic carbocycles. The maximum Gasteiger partial charge on any atom is 0.242 e. The van der Waals surface area contributed by atoms with E-state index in [1.54, 1.807) is 30.0 Å². The third-order valence-electron chi connectivity index (χ3n) is 4.69. The summed E-state index contributed by atoms with van der Waals surface area (Å²) in [5, 5.41) is 4.07. The van der Waals surface area contributed by atoms with Crippen molar-refractivity contribution < 1.29 is 9.59 Å². The number of aryl methyl sites for hydroxylation is 1. The van der Waals surface area contributed by atoms with Crippen LogP contribution in [0.2, 0.25) is 10.0 Å². The van der Waals surface area contributed by atoms with Crippen LogP contribution >= 0.6 is 35.0 Å². The highest BCUT2D eigenvalue weighted by Crippen LogP contribution is 2.28. The van der Waals surface area contributed by atoms with E-state index in [0.717, 1.165) is 23.1 Å². The van der Waals surface area contributed by atoms with Crippen molar-refractivity contribution in [2.24, 2.45) is 0 Å². The van der Waals surface area contributed by atoms with Crippen LogP contribution in [0.5, 0.6) is 0 Å². The van der Waals surface area contributed by atoms with E-state index in [1.165, 1.54) is 11.8 Å². The fourth-order valence-corrected chi connectivity index (χ4v) is 4.63. The number of hydrogen-bond acceptors (Lipinski definition) is 3. The van der Waals surface area contributed by atoms with E-state index >= 15 is 0 Å². The van der Waals surface area contributed by atoms with E-state index < -0.39 is 6.04 Å². The number of benzene rings is 2. The predicted octanol–water partition coefficient (Wildman–Crippen LogP) is 5.48. The van der Waals surface area contributed by atoms with Gasteiger partial charge in [0.2, 0.25) is 11.8 Å². The van der Waals surface area contributed by atoms with Crippen molar-refractivity contribution in [3.05, 3.63) is 69.2 Å². The van der Waals surface area contributed by atoms with E-state index in [4.69, 9.17) is 23.2 Å². The van der Waals surface area contributed by atoms with Crippen LogP contribution in [0, 0.1) is 6.92 Å². The van der Waals surface area contributed by atoms with E-state index in [1.807, 2.05) is 38.1 Å². The van der Waals surface area contributed by atoms with Gasteiger partial charge in [0.1, 0.15) is 6.04 Å². The topological polar surface area (TPSA) is 49.4 Å². The van der Waals surface area contributed by atoms with Crippen LogP contribution in [0.3, 0.4) is 0 Å². The maximum absolute atomic E-state index is 13.1. The minimum Gasteiger partial charge on any atom is -0.354 e. The fraction of sp³-hybridized carbons (Fsp3) is 0.391. The van der Waals surface area contributed by atoms with Crippen LogP contribution in [0.1, 0.15) is 37.0 Å². The quantitative estimate of drug-likeness (QED) is 0.504. The first kappa shape index (κ1) is 24.6. The Balaban J connectivity index is 2.09. The third kappa shape index (κ3) is 7.22. The number of nitrogens with one attached hydrogen (secondary N) is 1. The molecule has 4 nitrogen and oxygen atoms in total. The zero-order valence-electron chi connectivity index (χ0n) is 17.6. The molecule has 0 aliphatic carbocycles. The first-order valence-electron chi connectivity index (χ1n) is 9.96. The molecule has 162 valence electrons. The van der Waals surface area contributed by atoms with Gasteiger partial charge >= 0.3 is 0 Å². The van der Waals surface area contributed by atoms with Crippen molar-refractivity contribution in [3.8, 4) is 0 Å². The summed E-state index contributed by atoms with van der Waals surface area (Å²) in [6.07, 6.45) is 0.846. The van der Waals surface area contributed by atoms with Crippen molar-refractivity contribution >= 4 is 46.8 Å². The van der Waals surface area contributed by atoms with Crippen molar-refractivity contribution in [1.29, 1.82) is 0 Å². The Hall–Kier alpha value is -1.69. The van der Waals surface area contributed by atoms with Crippen LogP contribution in [0.25, 0.3) is 0 Å². The molecule has 0 aliphatic rings. The lowest BCUT2D eigenvalue weighted by atomic mass is 10.1. The molecule has 2 rings (SSSR count). The molecule has 0 heterocycles. The van der Waals surface area contributed by atoms with Gasteiger partial charge in [-0.05, 0) is 43.5 Å². The average molecular weight is 467 g/mol. The summed E-state index contributed by atoms with van der Waals surface area (Å²) in [5.41, 5.74) is 2.93. The SMILES string of the molecule is CCCNC(=O)[C@@H](C)N(Cc1cccc(C)c1)C(=O)CSCc1c(Cl)cccc1Cl. The second-order valence-corrected chi connectivity index (χ2v) is 8.97. The molecule has 0 saturated carbocycles. The fourth-order valence-electron chi connectivity index (χ4n) is 2.98. The van der Waals surface area contributed by atoms with E-state index in [0.29, 0.717) is 28.9 Å². The molecule has 0 spiro atoms. The number of nitrogens with zero attached hydrogens (tertiary/aromatic N) is 1. The largest absolute Gasteiger partial charge is 0.354 e. The van der Waals surface area contributed by atoms with Crippen molar-refractivity contribution in [1.82, 2.24) is 10.2 Å². The Morgan fingerprint density at radius 1 is 1.13 bits per heavy atom. The Labute approximate surface area is 193 Å². The lowest BCUT2D eigenvalue weighted by Crippen LogP contribution is -2.48. The van der Waals surface area contributed by atoms with Gasteiger partial charge in [0, 0.05) is 28.9 Å². The second kappa shape index (κ2) is 12.2. The van der Waals surface area contributed by atoms with Crippen LogP contribution in [-0.4, -0.2) is 35.1 Å². The summed E-state index contributed by atoms with van der Waals surface area (Å²) in [6.45, 7) is 6.76. The molecule has 0 aliphatic heterocycles. The smallest absolute Gasteiger partial charge is 0.242 e. The molecule has 0 radical (unpaired) electrons. The minimum absolute atomic E-state index is 0.0937. The molecule has 7 heteroatoms. The highest BCUT2D eigenvalue weighted by molar-refractivity contribution is 7.99. The highest BCUT2D eigenvalue weighted by atomic mass is 35.5. The Bertz CT molecular complexity index is 856. The molecule has 0 bridgehead atoms. The van der Waals surface area contributed by atoms with E-state index in [2.05, 4.69) is 5.32 Å². The summed E-state index contributed by atoms with van der Waals surface area (Å²) >= 11 is 13.9. The third-order valence-corrected chi connectivity index (χ3v) is 6.34. The molecule has 2 aromatic rings. The lowest BCUT2D eigenvalue weighted by molar-refractivity contribution is -0.138. The zero-order chi connectivity index (χ0) is 22.1. The lowest BCUT2D eigenvalue weighted by Gasteiger charge is -2.29. The standard InChI is InChI=1S/C23H28Cl2N2O2S/c1-4-11-26-23(29)17(3)27(13-18-8-5-7-16(2)12-18)22(28)15-30-14-19-20(24)9-6-10-21(19)25/h5-10,12,17H,4,11,13-15H2,1-3H3,(H,26,29)/t17-/m1/s1. The number of hydrogen-bond donors (Lipinski definition) is 1. The summed E-state index contributed by atoms with van der Waals surface area (Å²) in [6, 6.07) is 12.8. The van der Waals surface area contributed by atoms with Crippen molar-refractivity contribution in [2.75, 3.05) is 12.3 Å². The highest BCUT2D eigenvalue weighted by Gasteiger charge is 2.26. The maximum atomic E-state index is 13.1. The number of rotatable bonds is 10. The molecule has 2 amide bonds. The molecular formula is C23H28Cl2N2O2S. The number of carbonyl (C=O) groups excluding carboxylic acids is 2. The van der Waals surface area contributed by atoms with Crippen molar-refractivity contribution in [3.63, 3.8) is 0 Å². The molecule has 30 heavy (non-hydrogen) atoms. The molecule has 0 unspecified atom stereocenters. The summed E-state index contributed by atoms with van der Waals surface area (Å²) in [7, 11) is 0. The second-order valence-electron chi connectivity index (χ2n) is 7.17. The van der Waals surface area contributed by atoms with Gasteiger partial charge in [0.05, 0.1) is 5.75 Å². The molecule has 0 saturated heterocycles. The molecule has 1 atom stereocenters. The summed E-state index contributed by atoms with van der Waals surface area (Å²) in [4.78, 5) is 27.3. The van der Waals surface area contributed by atoms with Gasteiger partial charge in [-0.1, -0.05) is 66.0 Å². The Morgan fingerprint density at radius 3 is 2.43 bits per heavy atom. The van der Waals surface area contributed by atoms with Gasteiger partial charge in [0.15, 0.2) is 0 Å². The molecule has 0 aromatic heterocycles.